The summed E-state index contributed by atoms with van der Waals surface area (Å²) in [6, 6.07) is 0.782. The molecule has 0 heterocycles. The Labute approximate surface area is 133 Å². The number of rotatable bonds is 7. The van der Waals surface area contributed by atoms with Crippen LogP contribution in [0, 0.1) is 17.8 Å². The summed E-state index contributed by atoms with van der Waals surface area (Å²) >= 11 is 0. The van der Waals surface area contributed by atoms with E-state index in [1.165, 1.54) is 70.0 Å². The Morgan fingerprint density at radius 3 is 2.10 bits per heavy atom. The standard InChI is InChI=1S/C20H37N/c1-5-15-21(16(3)6-2)20-13-11-19(12-14-20)17(4)18-9-7-8-10-18/h17-20H,3,5-15H2,1-2,4H3. The molecular weight excluding hydrogens is 254 g/mol. The fourth-order valence-corrected chi connectivity index (χ4v) is 4.85. The second-order valence-electron chi connectivity index (χ2n) is 7.59. The molecule has 0 N–H and O–H groups in total. The van der Waals surface area contributed by atoms with E-state index in [2.05, 4.69) is 32.3 Å². The minimum atomic E-state index is 0.782. The van der Waals surface area contributed by atoms with Gasteiger partial charge in [-0.3, -0.25) is 0 Å². The van der Waals surface area contributed by atoms with Crippen molar-refractivity contribution in [3.05, 3.63) is 12.3 Å². The van der Waals surface area contributed by atoms with Crippen LogP contribution in [0.2, 0.25) is 0 Å². The van der Waals surface area contributed by atoms with Gasteiger partial charge in [0.25, 0.3) is 0 Å². The first kappa shape index (κ1) is 16.9. The first-order valence-electron chi connectivity index (χ1n) is 9.61. The molecule has 1 unspecified atom stereocenters. The smallest absolute Gasteiger partial charge is 0.0286 e. The van der Waals surface area contributed by atoms with Gasteiger partial charge in [0.2, 0.25) is 0 Å². The molecule has 1 heteroatoms. The molecule has 2 fully saturated rings. The van der Waals surface area contributed by atoms with Crippen molar-refractivity contribution in [1.29, 1.82) is 0 Å². The molecule has 0 aromatic carbocycles. The second-order valence-corrected chi connectivity index (χ2v) is 7.59. The molecule has 122 valence electrons. The van der Waals surface area contributed by atoms with Gasteiger partial charge in [-0.25, -0.2) is 0 Å². The van der Waals surface area contributed by atoms with Crippen molar-refractivity contribution >= 4 is 0 Å². The van der Waals surface area contributed by atoms with Gasteiger partial charge in [-0.1, -0.05) is 53.0 Å². The van der Waals surface area contributed by atoms with Crippen molar-refractivity contribution in [2.45, 2.75) is 91.0 Å². The molecule has 1 atom stereocenters. The van der Waals surface area contributed by atoms with Gasteiger partial charge in [-0.05, 0) is 56.3 Å². The molecule has 0 spiro atoms. The molecule has 2 rings (SSSR count). The van der Waals surface area contributed by atoms with Crippen LogP contribution in [-0.4, -0.2) is 17.5 Å². The van der Waals surface area contributed by atoms with Gasteiger partial charge in [-0.15, -0.1) is 0 Å². The quantitative estimate of drug-likeness (QED) is 0.555. The lowest BCUT2D eigenvalue weighted by molar-refractivity contribution is 0.126. The lowest BCUT2D eigenvalue weighted by Gasteiger charge is -2.41. The third-order valence-electron chi connectivity index (χ3n) is 6.35. The highest BCUT2D eigenvalue weighted by molar-refractivity contribution is 4.97. The predicted molar refractivity (Wildman–Crippen MR) is 93.3 cm³/mol. The summed E-state index contributed by atoms with van der Waals surface area (Å²) in [6.07, 6.45) is 14.1. The topological polar surface area (TPSA) is 3.24 Å². The van der Waals surface area contributed by atoms with Crippen molar-refractivity contribution in [3.63, 3.8) is 0 Å². The maximum Gasteiger partial charge on any atom is 0.0286 e. The van der Waals surface area contributed by atoms with E-state index in [-0.39, 0.29) is 0 Å². The van der Waals surface area contributed by atoms with E-state index in [1.54, 1.807) is 0 Å². The van der Waals surface area contributed by atoms with E-state index in [4.69, 9.17) is 0 Å². The summed E-state index contributed by atoms with van der Waals surface area (Å²) < 4.78 is 0. The fourth-order valence-electron chi connectivity index (χ4n) is 4.85. The van der Waals surface area contributed by atoms with Crippen LogP contribution in [0.5, 0.6) is 0 Å². The van der Waals surface area contributed by atoms with Gasteiger partial charge in [0.1, 0.15) is 0 Å². The fraction of sp³-hybridized carbons (Fsp3) is 0.900. The molecule has 0 aromatic rings. The van der Waals surface area contributed by atoms with Crippen LogP contribution in [-0.2, 0) is 0 Å². The van der Waals surface area contributed by atoms with Crippen LogP contribution in [0.4, 0.5) is 0 Å². The number of hydrogen-bond acceptors (Lipinski definition) is 1. The molecule has 0 aliphatic heterocycles. The molecule has 2 saturated carbocycles. The Kier molecular flexibility index (Phi) is 6.64. The van der Waals surface area contributed by atoms with Crippen LogP contribution in [0.15, 0.2) is 12.3 Å². The third-order valence-corrected chi connectivity index (χ3v) is 6.35. The van der Waals surface area contributed by atoms with Crippen molar-refractivity contribution < 1.29 is 0 Å². The Bertz CT molecular complexity index is 308. The van der Waals surface area contributed by atoms with Crippen LogP contribution >= 0.6 is 0 Å². The monoisotopic (exact) mass is 291 g/mol. The van der Waals surface area contributed by atoms with Gasteiger partial charge >= 0.3 is 0 Å². The zero-order valence-corrected chi connectivity index (χ0v) is 14.7. The SMILES string of the molecule is C=C(CC)N(CCC)C1CCC(C(C)C2CCCC2)CC1. The summed E-state index contributed by atoms with van der Waals surface area (Å²) in [6.45, 7) is 12.6. The molecule has 0 radical (unpaired) electrons. The van der Waals surface area contributed by atoms with E-state index in [0.717, 1.165) is 30.2 Å². The van der Waals surface area contributed by atoms with Gasteiger partial charge in [0.15, 0.2) is 0 Å². The highest BCUT2D eigenvalue weighted by Crippen LogP contribution is 2.41. The zero-order valence-electron chi connectivity index (χ0n) is 14.7. The van der Waals surface area contributed by atoms with Gasteiger partial charge in [0, 0.05) is 18.3 Å². The Balaban J connectivity index is 1.84. The molecule has 21 heavy (non-hydrogen) atoms. The molecule has 2 aliphatic carbocycles. The maximum absolute atomic E-state index is 4.31. The summed E-state index contributed by atoms with van der Waals surface area (Å²) in [4.78, 5) is 2.64. The number of nitrogens with zero attached hydrogens (tertiary/aromatic N) is 1. The van der Waals surface area contributed by atoms with E-state index >= 15 is 0 Å². The van der Waals surface area contributed by atoms with E-state index < -0.39 is 0 Å². The van der Waals surface area contributed by atoms with Crippen LogP contribution < -0.4 is 0 Å². The summed E-state index contributed by atoms with van der Waals surface area (Å²) in [5.41, 5.74) is 1.36. The normalized spacial score (nSPS) is 28.5. The van der Waals surface area contributed by atoms with Crippen LogP contribution in [0.1, 0.15) is 85.0 Å². The Morgan fingerprint density at radius 2 is 1.57 bits per heavy atom. The van der Waals surface area contributed by atoms with Crippen molar-refractivity contribution in [2.24, 2.45) is 17.8 Å². The first-order chi connectivity index (χ1) is 10.2. The average Bonchev–Trinajstić information content (AvgIpc) is 3.06. The highest BCUT2D eigenvalue weighted by atomic mass is 15.2. The van der Waals surface area contributed by atoms with E-state index in [1.807, 2.05) is 0 Å². The molecule has 0 saturated heterocycles. The lowest BCUT2D eigenvalue weighted by atomic mass is 9.73. The molecule has 0 amide bonds. The van der Waals surface area contributed by atoms with Crippen molar-refractivity contribution in [3.8, 4) is 0 Å². The predicted octanol–water partition coefficient (Wildman–Crippen LogP) is 6.01. The highest BCUT2D eigenvalue weighted by Gasteiger charge is 2.32. The third kappa shape index (κ3) is 4.27. The number of allylic oxidation sites excluding steroid dienone is 1. The Morgan fingerprint density at radius 1 is 1.00 bits per heavy atom. The van der Waals surface area contributed by atoms with E-state index in [0.29, 0.717) is 0 Å². The van der Waals surface area contributed by atoms with Crippen molar-refractivity contribution in [1.82, 2.24) is 4.90 Å². The molecular formula is C20H37N. The first-order valence-corrected chi connectivity index (χ1v) is 9.61. The zero-order chi connectivity index (χ0) is 15.2. The number of hydrogen-bond donors (Lipinski definition) is 0. The molecule has 1 nitrogen and oxygen atoms in total. The largest absolute Gasteiger partial charge is 0.372 e. The van der Waals surface area contributed by atoms with Crippen LogP contribution in [0.25, 0.3) is 0 Å². The summed E-state index contributed by atoms with van der Waals surface area (Å²) in [5, 5.41) is 0. The summed E-state index contributed by atoms with van der Waals surface area (Å²) in [5.74, 6) is 3.02. The molecule has 0 aromatic heterocycles. The Hall–Kier alpha value is -0.460. The van der Waals surface area contributed by atoms with Crippen LogP contribution in [0.3, 0.4) is 0 Å². The van der Waals surface area contributed by atoms with Crippen molar-refractivity contribution in [2.75, 3.05) is 6.54 Å². The molecule has 2 aliphatic rings. The minimum Gasteiger partial charge on any atom is -0.372 e. The lowest BCUT2D eigenvalue weighted by Crippen LogP contribution is -2.39. The summed E-state index contributed by atoms with van der Waals surface area (Å²) in [7, 11) is 0. The van der Waals surface area contributed by atoms with Gasteiger partial charge in [0.05, 0.1) is 0 Å². The maximum atomic E-state index is 4.31. The van der Waals surface area contributed by atoms with E-state index in [9.17, 15) is 0 Å². The molecule has 0 bridgehead atoms. The second kappa shape index (κ2) is 8.25. The average molecular weight is 292 g/mol. The van der Waals surface area contributed by atoms with Gasteiger partial charge in [-0.2, -0.15) is 0 Å². The minimum absolute atomic E-state index is 0.782. The van der Waals surface area contributed by atoms with Gasteiger partial charge < -0.3 is 4.90 Å².